The first kappa shape index (κ1) is 18.9. The number of hydrogen-bond acceptors (Lipinski definition) is 6. The highest BCUT2D eigenvalue weighted by Crippen LogP contribution is 2.20. The lowest BCUT2D eigenvalue weighted by atomic mass is 10.2. The van der Waals surface area contributed by atoms with Gasteiger partial charge in [0, 0.05) is 13.0 Å². The van der Waals surface area contributed by atoms with Crippen LogP contribution >= 0.6 is 0 Å². The molecule has 1 aliphatic heterocycles. The Bertz CT molecular complexity index is 1130. The summed E-state index contributed by atoms with van der Waals surface area (Å²) in [5.74, 6) is 0.401. The summed E-state index contributed by atoms with van der Waals surface area (Å²) < 4.78 is 54.6. The van der Waals surface area contributed by atoms with Crippen LogP contribution in [0.25, 0.3) is 0 Å². The number of nitrogens with one attached hydrogen (secondary N) is 2. The van der Waals surface area contributed by atoms with Crippen LogP contribution < -0.4 is 9.44 Å². The summed E-state index contributed by atoms with van der Waals surface area (Å²) in [6.07, 6.45) is 1.35. The van der Waals surface area contributed by atoms with E-state index >= 15 is 0 Å². The maximum atomic E-state index is 12.5. The van der Waals surface area contributed by atoms with Crippen molar-refractivity contribution in [3.63, 3.8) is 0 Å². The van der Waals surface area contributed by atoms with Crippen LogP contribution in [0, 0.1) is 11.3 Å². The van der Waals surface area contributed by atoms with Crippen LogP contribution in [0.3, 0.4) is 0 Å². The van der Waals surface area contributed by atoms with Crippen molar-refractivity contribution in [2.45, 2.75) is 22.6 Å². The number of rotatable bonds is 5. The van der Waals surface area contributed by atoms with E-state index in [0.29, 0.717) is 24.4 Å². The Kier molecular flexibility index (Phi) is 5.16. The number of nitriles is 1. The summed E-state index contributed by atoms with van der Waals surface area (Å²) >= 11 is 0. The molecule has 0 saturated carbocycles. The van der Waals surface area contributed by atoms with Gasteiger partial charge in [-0.2, -0.15) is 5.26 Å². The fourth-order valence-corrected chi connectivity index (χ4v) is 4.67. The second-order valence-corrected chi connectivity index (χ2v) is 9.17. The van der Waals surface area contributed by atoms with Gasteiger partial charge in [-0.15, -0.1) is 0 Å². The predicted octanol–water partition coefficient (Wildman–Crippen LogP) is 1.83. The fourth-order valence-electron chi connectivity index (χ4n) is 2.49. The summed E-state index contributed by atoms with van der Waals surface area (Å²) in [7, 11) is -7.77. The third-order valence-corrected chi connectivity index (χ3v) is 6.59. The van der Waals surface area contributed by atoms with Crippen molar-refractivity contribution in [2.75, 3.05) is 11.3 Å². The van der Waals surface area contributed by atoms with Crippen LogP contribution in [0.5, 0.6) is 0 Å². The van der Waals surface area contributed by atoms with E-state index < -0.39 is 20.0 Å². The van der Waals surface area contributed by atoms with Gasteiger partial charge in [0.15, 0.2) is 0 Å². The molecule has 10 heteroatoms. The zero-order chi connectivity index (χ0) is 19.5. The lowest BCUT2D eigenvalue weighted by Crippen LogP contribution is -2.29. The summed E-state index contributed by atoms with van der Waals surface area (Å²) in [5.41, 5.74) is 0.443. The van der Waals surface area contributed by atoms with Crippen LogP contribution in [0.4, 0.5) is 5.69 Å². The molecular formula is C17H16N4O4S2. The highest BCUT2D eigenvalue weighted by Gasteiger charge is 2.20. The van der Waals surface area contributed by atoms with Crippen molar-refractivity contribution in [3.8, 4) is 6.07 Å². The maximum absolute atomic E-state index is 12.5. The highest BCUT2D eigenvalue weighted by molar-refractivity contribution is 7.92. The minimum atomic E-state index is -3.92. The Morgan fingerprint density at radius 2 is 1.63 bits per heavy atom. The third kappa shape index (κ3) is 4.45. The molecule has 0 amide bonds. The van der Waals surface area contributed by atoms with E-state index in [-0.39, 0.29) is 15.5 Å². The lowest BCUT2D eigenvalue weighted by Gasteiger charge is -2.11. The predicted molar refractivity (Wildman–Crippen MR) is 100 cm³/mol. The van der Waals surface area contributed by atoms with Crippen LogP contribution in [0.1, 0.15) is 18.4 Å². The van der Waals surface area contributed by atoms with Gasteiger partial charge in [-0.3, -0.25) is 14.4 Å². The minimum Gasteiger partial charge on any atom is -0.280 e. The molecule has 0 radical (unpaired) electrons. The van der Waals surface area contributed by atoms with Gasteiger partial charge in [0.25, 0.3) is 20.0 Å². The summed E-state index contributed by atoms with van der Waals surface area (Å²) in [4.78, 5) is 3.97. The zero-order valence-electron chi connectivity index (χ0n) is 14.1. The van der Waals surface area contributed by atoms with Crippen LogP contribution in [-0.4, -0.2) is 29.2 Å². The molecule has 2 N–H and O–H groups in total. The average Bonchev–Trinajstić information content (AvgIpc) is 3.14. The van der Waals surface area contributed by atoms with E-state index in [9.17, 15) is 16.8 Å². The molecule has 0 fully saturated rings. The molecule has 3 rings (SSSR count). The molecule has 0 atom stereocenters. The average molecular weight is 404 g/mol. The largest absolute Gasteiger partial charge is 0.280 e. The first-order valence-electron chi connectivity index (χ1n) is 7.99. The first-order valence-corrected chi connectivity index (χ1v) is 11.0. The standard InChI is InChI=1S/C17H16N4O4S2/c18-12-13-6-8-15(9-7-13)26(22,23)20-14-3-1-4-16(11-14)27(24,25)21-17-5-2-10-19-17/h1,3-4,6-9,11,20H,2,5,10H2,(H,19,21). The number of aliphatic imine (C=N–C) groups is 1. The van der Waals surface area contributed by atoms with Gasteiger partial charge < -0.3 is 0 Å². The number of benzene rings is 2. The number of sulfonamides is 2. The van der Waals surface area contributed by atoms with Crippen molar-refractivity contribution >= 4 is 31.6 Å². The highest BCUT2D eigenvalue weighted by atomic mass is 32.2. The third-order valence-electron chi connectivity index (χ3n) is 3.82. The molecule has 2 aromatic carbocycles. The van der Waals surface area contributed by atoms with Crippen molar-refractivity contribution in [3.05, 3.63) is 54.1 Å². The minimum absolute atomic E-state index is 0.0341. The molecule has 1 aliphatic rings. The van der Waals surface area contributed by atoms with Crippen molar-refractivity contribution in [1.29, 1.82) is 5.26 Å². The quantitative estimate of drug-likeness (QED) is 0.785. The molecule has 2 aromatic rings. The normalized spacial score (nSPS) is 14.3. The number of nitrogens with zero attached hydrogens (tertiary/aromatic N) is 2. The van der Waals surface area contributed by atoms with E-state index in [1.807, 2.05) is 6.07 Å². The van der Waals surface area contributed by atoms with Crippen molar-refractivity contribution in [2.24, 2.45) is 4.99 Å². The van der Waals surface area contributed by atoms with Crippen molar-refractivity contribution < 1.29 is 16.8 Å². The monoisotopic (exact) mass is 404 g/mol. The fraction of sp³-hybridized carbons (Fsp3) is 0.176. The van der Waals surface area contributed by atoms with Crippen molar-refractivity contribution in [1.82, 2.24) is 4.72 Å². The van der Waals surface area contributed by atoms with Crippen LogP contribution in [-0.2, 0) is 20.0 Å². The van der Waals surface area contributed by atoms with Gasteiger partial charge in [-0.1, -0.05) is 6.07 Å². The Morgan fingerprint density at radius 1 is 0.926 bits per heavy atom. The molecule has 27 heavy (non-hydrogen) atoms. The maximum Gasteiger partial charge on any atom is 0.262 e. The molecule has 0 aromatic heterocycles. The molecule has 0 aliphatic carbocycles. The summed E-state index contributed by atoms with van der Waals surface area (Å²) in [5, 5.41) is 8.79. The van der Waals surface area contributed by atoms with Gasteiger partial charge in [-0.05, 0) is 48.9 Å². The molecular weight excluding hydrogens is 388 g/mol. The van der Waals surface area contributed by atoms with Gasteiger partial charge in [0.1, 0.15) is 5.84 Å². The van der Waals surface area contributed by atoms with Gasteiger partial charge in [0.2, 0.25) is 0 Å². The van der Waals surface area contributed by atoms with E-state index in [0.717, 1.165) is 6.42 Å². The Labute approximate surface area is 157 Å². The lowest BCUT2D eigenvalue weighted by molar-refractivity contribution is 0.591. The second kappa shape index (κ2) is 7.38. The van der Waals surface area contributed by atoms with Gasteiger partial charge in [-0.25, -0.2) is 16.8 Å². The first-order chi connectivity index (χ1) is 12.8. The van der Waals surface area contributed by atoms with E-state index in [4.69, 9.17) is 5.26 Å². The zero-order valence-corrected chi connectivity index (χ0v) is 15.7. The number of hydrogen-bond donors (Lipinski definition) is 2. The Morgan fingerprint density at radius 3 is 2.26 bits per heavy atom. The molecule has 8 nitrogen and oxygen atoms in total. The summed E-state index contributed by atoms with van der Waals surface area (Å²) in [6.45, 7) is 0.586. The Balaban J connectivity index is 1.83. The molecule has 0 saturated heterocycles. The number of anilines is 1. The van der Waals surface area contributed by atoms with Crippen LogP contribution in [0.2, 0.25) is 0 Å². The SMILES string of the molecule is N#Cc1ccc(S(=O)(=O)Nc2cccc(S(=O)(=O)NC3=NCCC3)c2)cc1. The molecule has 1 heterocycles. The van der Waals surface area contributed by atoms with Crippen LogP contribution in [0.15, 0.2) is 63.3 Å². The van der Waals surface area contributed by atoms with E-state index in [1.165, 1.54) is 48.5 Å². The topological polar surface area (TPSA) is 128 Å². The van der Waals surface area contributed by atoms with Gasteiger partial charge >= 0.3 is 0 Å². The number of amidine groups is 1. The van der Waals surface area contributed by atoms with E-state index in [1.54, 1.807) is 0 Å². The molecule has 140 valence electrons. The summed E-state index contributed by atoms with van der Waals surface area (Å²) in [6, 6.07) is 12.8. The van der Waals surface area contributed by atoms with Gasteiger partial charge in [0.05, 0.1) is 27.1 Å². The Hall–Kier alpha value is -2.90. The van der Waals surface area contributed by atoms with E-state index in [2.05, 4.69) is 14.4 Å². The smallest absolute Gasteiger partial charge is 0.262 e. The molecule has 0 spiro atoms. The second-order valence-electron chi connectivity index (χ2n) is 5.81. The molecule has 0 unspecified atom stereocenters. The molecule has 0 bridgehead atoms.